The van der Waals surface area contributed by atoms with Crippen molar-refractivity contribution >= 4 is 21.9 Å². The average Bonchev–Trinajstić information content (AvgIpc) is 2.19. The van der Waals surface area contributed by atoms with Gasteiger partial charge in [0.15, 0.2) is 0 Å². The largest absolute Gasteiger partial charge is 0.459 e. The van der Waals surface area contributed by atoms with E-state index in [-0.39, 0.29) is 6.42 Å². The first-order valence-corrected chi connectivity index (χ1v) is 6.77. The van der Waals surface area contributed by atoms with Crippen molar-refractivity contribution in [1.82, 2.24) is 0 Å². The number of carbonyl (C=O) groups excluding carboxylic acids is 1. The van der Waals surface area contributed by atoms with Crippen LogP contribution in [0.5, 0.6) is 0 Å². The van der Waals surface area contributed by atoms with Crippen LogP contribution < -0.4 is 5.73 Å². The van der Waals surface area contributed by atoms with Crippen LogP contribution in [0.1, 0.15) is 33.3 Å². The van der Waals surface area contributed by atoms with Gasteiger partial charge in [-0.3, -0.25) is 4.79 Å². The summed E-state index contributed by atoms with van der Waals surface area (Å²) in [4.78, 5) is 12.0. The first-order chi connectivity index (χ1) is 8.51. The zero-order valence-corrected chi connectivity index (χ0v) is 13.2. The Balaban J connectivity index is 2.87. The first kappa shape index (κ1) is 16.1. The molecule has 1 atom stereocenters. The predicted octanol–water partition coefficient (Wildman–Crippen LogP) is 3.19. The third kappa shape index (κ3) is 4.91. The van der Waals surface area contributed by atoms with Crippen molar-refractivity contribution in [3.63, 3.8) is 0 Å². The smallest absolute Gasteiger partial charge is 0.326 e. The Morgan fingerprint density at radius 3 is 2.42 bits per heavy atom. The standard InChI is InChI=1S/C14H19BrFNO2/c1-13(2,3)19-12(18)14(4,17)8-9-5-6-10(15)7-11(9)16/h5-7H,8,17H2,1-4H3/t14-/m0/s1. The van der Waals surface area contributed by atoms with Gasteiger partial charge in [-0.1, -0.05) is 22.0 Å². The van der Waals surface area contributed by atoms with Crippen molar-refractivity contribution in [3.8, 4) is 0 Å². The quantitative estimate of drug-likeness (QED) is 0.865. The highest BCUT2D eigenvalue weighted by Crippen LogP contribution is 2.21. The van der Waals surface area contributed by atoms with Crippen molar-refractivity contribution in [3.05, 3.63) is 34.1 Å². The molecule has 0 saturated heterocycles. The fourth-order valence-corrected chi connectivity index (χ4v) is 1.86. The van der Waals surface area contributed by atoms with E-state index < -0.39 is 22.9 Å². The molecule has 0 aliphatic heterocycles. The van der Waals surface area contributed by atoms with Gasteiger partial charge >= 0.3 is 5.97 Å². The lowest BCUT2D eigenvalue weighted by Crippen LogP contribution is -2.50. The number of carbonyl (C=O) groups is 1. The van der Waals surface area contributed by atoms with E-state index in [2.05, 4.69) is 15.9 Å². The molecule has 0 radical (unpaired) electrons. The monoisotopic (exact) mass is 331 g/mol. The molecular formula is C14H19BrFNO2. The maximum absolute atomic E-state index is 13.7. The van der Waals surface area contributed by atoms with Gasteiger partial charge in [0.25, 0.3) is 0 Å². The molecule has 5 heteroatoms. The molecule has 0 amide bonds. The van der Waals surface area contributed by atoms with Crippen LogP contribution in [0.25, 0.3) is 0 Å². The maximum atomic E-state index is 13.7. The van der Waals surface area contributed by atoms with Gasteiger partial charge in [-0.2, -0.15) is 0 Å². The fraction of sp³-hybridized carbons (Fsp3) is 0.500. The fourth-order valence-electron chi connectivity index (χ4n) is 1.53. The summed E-state index contributed by atoms with van der Waals surface area (Å²) in [5.74, 6) is -0.933. The summed E-state index contributed by atoms with van der Waals surface area (Å²) in [7, 11) is 0. The van der Waals surface area contributed by atoms with Gasteiger partial charge in [0.05, 0.1) is 0 Å². The number of benzene rings is 1. The lowest BCUT2D eigenvalue weighted by molar-refractivity contribution is -0.160. The highest BCUT2D eigenvalue weighted by molar-refractivity contribution is 9.10. The second-order valence-corrected chi connectivity index (χ2v) is 6.75. The summed E-state index contributed by atoms with van der Waals surface area (Å²) in [6.07, 6.45) is 0.0844. The summed E-state index contributed by atoms with van der Waals surface area (Å²) in [6, 6.07) is 4.67. The zero-order chi connectivity index (χ0) is 14.8. The topological polar surface area (TPSA) is 52.3 Å². The van der Waals surface area contributed by atoms with E-state index in [1.54, 1.807) is 39.8 Å². The maximum Gasteiger partial charge on any atom is 0.326 e. The van der Waals surface area contributed by atoms with Crippen LogP contribution in [-0.4, -0.2) is 17.1 Å². The predicted molar refractivity (Wildman–Crippen MR) is 76.2 cm³/mol. The van der Waals surface area contributed by atoms with Gasteiger partial charge < -0.3 is 10.5 Å². The van der Waals surface area contributed by atoms with Crippen LogP contribution >= 0.6 is 15.9 Å². The molecule has 0 heterocycles. The van der Waals surface area contributed by atoms with Crippen LogP contribution in [0.15, 0.2) is 22.7 Å². The molecule has 0 bridgehead atoms. The van der Waals surface area contributed by atoms with Crippen LogP contribution in [0.2, 0.25) is 0 Å². The zero-order valence-electron chi connectivity index (χ0n) is 11.6. The normalized spacial score (nSPS) is 14.9. The molecule has 1 aromatic carbocycles. The van der Waals surface area contributed by atoms with Crippen molar-refractivity contribution in [2.75, 3.05) is 0 Å². The minimum Gasteiger partial charge on any atom is -0.459 e. The average molecular weight is 332 g/mol. The third-order valence-corrected chi connectivity index (χ3v) is 2.93. The van der Waals surface area contributed by atoms with E-state index in [4.69, 9.17) is 10.5 Å². The van der Waals surface area contributed by atoms with E-state index in [0.29, 0.717) is 10.0 Å². The van der Waals surface area contributed by atoms with Crippen molar-refractivity contribution in [2.45, 2.75) is 45.3 Å². The molecule has 0 aliphatic rings. The molecule has 3 nitrogen and oxygen atoms in total. The molecule has 0 spiro atoms. The third-order valence-electron chi connectivity index (χ3n) is 2.44. The summed E-state index contributed by atoms with van der Waals surface area (Å²) >= 11 is 3.18. The Morgan fingerprint density at radius 1 is 1.37 bits per heavy atom. The number of hydrogen-bond acceptors (Lipinski definition) is 3. The molecule has 0 unspecified atom stereocenters. The summed E-state index contributed by atoms with van der Waals surface area (Å²) in [5, 5.41) is 0. The van der Waals surface area contributed by atoms with E-state index in [0.717, 1.165) is 0 Å². The lowest BCUT2D eigenvalue weighted by atomic mass is 9.93. The van der Waals surface area contributed by atoms with Gasteiger partial charge in [0.2, 0.25) is 0 Å². The highest BCUT2D eigenvalue weighted by Gasteiger charge is 2.34. The van der Waals surface area contributed by atoms with E-state index in [9.17, 15) is 9.18 Å². The second kappa shape index (κ2) is 5.59. The molecule has 0 fully saturated rings. The van der Waals surface area contributed by atoms with Gasteiger partial charge in [0.1, 0.15) is 17.0 Å². The Morgan fingerprint density at radius 2 is 1.95 bits per heavy atom. The molecule has 2 N–H and O–H groups in total. The molecule has 1 aromatic rings. The van der Waals surface area contributed by atoms with Crippen LogP contribution in [0.4, 0.5) is 4.39 Å². The van der Waals surface area contributed by atoms with Crippen molar-refractivity contribution in [1.29, 1.82) is 0 Å². The lowest BCUT2D eigenvalue weighted by Gasteiger charge is -2.28. The molecule has 19 heavy (non-hydrogen) atoms. The van der Waals surface area contributed by atoms with Crippen LogP contribution in [0, 0.1) is 5.82 Å². The van der Waals surface area contributed by atoms with Crippen LogP contribution in [-0.2, 0) is 16.0 Å². The summed E-state index contributed by atoms with van der Waals surface area (Å²) in [6.45, 7) is 6.84. The molecule has 0 saturated carbocycles. The number of nitrogens with two attached hydrogens (primary N) is 1. The summed E-state index contributed by atoms with van der Waals surface area (Å²) in [5.41, 5.74) is 4.46. The Labute approximate surface area is 121 Å². The first-order valence-electron chi connectivity index (χ1n) is 5.97. The van der Waals surface area contributed by atoms with Crippen molar-refractivity contribution < 1.29 is 13.9 Å². The second-order valence-electron chi connectivity index (χ2n) is 5.83. The number of ether oxygens (including phenoxy) is 1. The highest BCUT2D eigenvalue weighted by atomic mass is 79.9. The Kier molecular flexibility index (Phi) is 4.74. The Bertz CT molecular complexity index is 481. The number of rotatable bonds is 3. The number of hydrogen-bond donors (Lipinski definition) is 1. The molecular weight excluding hydrogens is 313 g/mol. The van der Waals surface area contributed by atoms with Gasteiger partial charge in [0, 0.05) is 10.9 Å². The Hall–Kier alpha value is -0.940. The van der Waals surface area contributed by atoms with Crippen LogP contribution in [0.3, 0.4) is 0 Å². The molecule has 0 aromatic heterocycles. The number of esters is 1. The molecule has 1 rings (SSSR count). The minimum absolute atomic E-state index is 0.0844. The van der Waals surface area contributed by atoms with E-state index in [1.165, 1.54) is 6.07 Å². The van der Waals surface area contributed by atoms with Crippen molar-refractivity contribution in [2.24, 2.45) is 5.73 Å². The number of halogens is 2. The van der Waals surface area contributed by atoms with Gasteiger partial charge in [-0.25, -0.2) is 4.39 Å². The van der Waals surface area contributed by atoms with E-state index in [1.807, 2.05) is 0 Å². The van der Waals surface area contributed by atoms with Gasteiger partial charge in [-0.15, -0.1) is 0 Å². The summed E-state index contributed by atoms with van der Waals surface area (Å²) < 4.78 is 19.6. The molecule has 0 aliphatic carbocycles. The van der Waals surface area contributed by atoms with E-state index >= 15 is 0 Å². The molecule has 106 valence electrons. The minimum atomic E-state index is -1.26. The van der Waals surface area contributed by atoms with Gasteiger partial charge in [-0.05, 0) is 45.4 Å². The SMILES string of the molecule is CC(C)(C)OC(=O)[C@@](C)(N)Cc1ccc(Br)cc1F.